The van der Waals surface area contributed by atoms with E-state index in [1.54, 1.807) is 19.1 Å². The van der Waals surface area contributed by atoms with E-state index in [-0.39, 0.29) is 5.91 Å². The SMILES string of the molecule is CCN(C)c1nc(N)c(C(=O)N(C)CCCOC)s1. The van der Waals surface area contributed by atoms with Gasteiger partial charge in [-0.25, -0.2) is 4.98 Å². The van der Waals surface area contributed by atoms with Gasteiger partial charge in [-0.15, -0.1) is 0 Å². The molecule has 0 aliphatic carbocycles. The molecule has 1 rings (SSSR count). The number of rotatable bonds is 7. The highest BCUT2D eigenvalue weighted by molar-refractivity contribution is 7.18. The predicted octanol–water partition coefficient (Wildman–Crippen LogP) is 1.29. The molecule has 0 aromatic carbocycles. The highest BCUT2D eigenvalue weighted by atomic mass is 32.1. The van der Waals surface area contributed by atoms with Crippen LogP contribution in [0.25, 0.3) is 0 Å². The van der Waals surface area contributed by atoms with Gasteiger partial charge in [0.05, 0.1) is 0 Å². The third-order valence-corrected chi connectivity index (χ3v) is 4.00. The number of aromatic nitrogens is 1. The van der Waals surface area contributed by atoms with Crippen LogP contribution in [0, 0.1) is 0 Å². The Morgan fingerprint density at radius 1 is 1.47 bits per heavy atom. The summed E-state index contributed by atoms with van der Waals surface area (Å²) >= 11 is 1.34. The summed E-state index contributed by atoms with van der Waals surface area (Å²) in [4.78, 5) is 20.6. The van der Waals surface area contributed by atoms with Crippen LogP contribution in [0.3, 0.4) is 0 Å². The number of methoxy groups -OCH3 is 1. The molecule has 6 nitrogen and oxygen atoms in total. The maximum Gasteiger partial charge on any atom is 0.267 e. The maximum atomic E-state index is 12.2. The lowest BCUT2D eigenvalue weighted by Crippen LogP contribution is -2.28. The Balaban J connectivity index is 2.73. The summed E-state index contributed by atoms with van der Waals surface area (Å²) < 4.78 is 4.97. The van der Waals surface area contributed by atoms with Gasteiger partial charge in [-0.2, -0.15) is 0 Å². The van der Waals surface area contributed by atoms with Gasteiger partial charge in [-0.1, -0.05) is 11.3 Å². The fraction of sp³-hybridized carbons (Fsp3) is 0.667. The predicted molar refractivity (Wildman–Crippen MR) is 78.9 cm³/mol. The van der Waals surface area contributed by atoms with E-state index in [1.807, 2.05) is 18.9 Å². The van der Waals surface area contributed by atoms with Crippen LogP contribution in [0.2, 0.25) is 0 Å². The molecule has 0 saturated heterocycles. The van der Waals surface area contributed by atoms with Gasteiger partial charge in [0, 0.05) is 40.9 Å². The summed E-state index contributed by atoms with van der Waals surface area (Å²) in [7, 11) is 5.34. The molecule has 0 unspecified atom stereocenters. The molecule has 108 valence electrons. The van der Waals surface area contributed by atoms with E-state index in [0.29, 0.717) is 23.8 Å². The van der Waals surface area contributed by atoms with Crippen LogP contribution in [-0.4, -0.2) is 56.7 Å². The molecule has 0 bridgehead atoms. The molecule has 7 heteroatoms. The zero-order valence-electron chi connectivity index (χ0n) is 12.0. The normalized spacial score (nSPS) is 10.5. The molecule has 1 heterocycles. The van der Waals surface area contributed by atoms with Gasteiger partial charge in [0.25, 0.3) is 5.91 Å². The van der Waals surface area contributed by atoms with Crippen molar-refractivity contribution in [2.24, 2.45) is 0 Å². The number of nitrogens with two attached hydrogens (primary N) is 1. The maximum absolute atomic E-state index is 12.2. The molecule has 1 aromatic heterocycles. The first kappa shape index (κ1) is 15.7. The second-order valence-corrected chi connectivity index (χ2v) is 5.28. The minimum atomic E-state index is -0.0816. The fourth-order valence-corrected chi connectivity index (χ4v) is 2.50. The van der Waals surface area contributed by atoms with E-state index in [9.17, 15) is 4.79 Å². The van der Waals surface area contributed by atoms with Crippen LogP contribution in [-0.2, 0) is 4.74 Å². The van der Waals surface area contributed by atoms with E-state index < -0.39 is 0 Å². The lowest BCUT2D eigenvalue weighted by Gasteiger charge is -2.16. The first-order chi connectivity index (χ1) is 9.01. The standard InChI is InChI=1S/C12H22N4O2S/c1-5-15(2)12-14-10(13)9(19-12)11(17)16(3)7-6-8-18-4/h5-8,13H2,1-4H3. The van der Waals surface area contributed by atoms with Crippen molar-refractivity contribution < 1.29 is 9.53 Å². The Labute approximate surface area is 118 Å². The number of nitrogens with zero attached hydrogens (tertiary/aromatic N) is 3. The number of thiazole rings is 1. The Morgan fingerprint density at radius 3 is 2.74 bits per heavy atom. The quantitative estimate of drug-likeness (QED) is 0.765. The van der Waals surface area contributed by atoms with Crippen molar-refractivity contribution in [1.29, 1.82) is 0 Å². The summed E-state index contributed by atoms with van der Waals surface area (Å²) in [6, 6.07) is 0. The number of anilines is 2. The minimum Gasteiger partial charge on any atom is -0.385 e. The number of carbonyl (C=O) groups excluding carboxylic acids is 1. The summed E-state index contributed by atoms with van der Waals surface area (Å²) in [5.74, 6) is 0.228. The molecule has 0 saturated carbocycles. The highest BCUT2D eigenvalue weighted by Gasteiger charge is 2.20. The zero-order valence-corrected chi connectivity index (χ0v) is 12.8. The Kier molecular flexibility index (Phi) is 6.04. The number of hydrogen-bond acceptors (Lipinski definition) is 6. The third kappa shape index (κ3) is 4.07. The van der Waals surface area contributed by atoms with Crippen molar-refractivity contribution in [3.05, 3.63) is 4.88 Å². The van der Waals surface area contributed by atoms with E-state index >= 15 is 0 Å². The molecule has 19 heavy (non-hydrogen) atoms. The van der Waals surface area contributed by atoms with Gasteiger partial charge in [0.2, 0.25) is 0 Å². The van der Waals surface area contributed by atoms with E-state index in [4.69, 9.17) is 10.5 Å². The van der Waals surface area contributed by atoms with Crippen LogP contribution < -0.4 is 10.6 Å². The number of hydrogen-bond donors (Lipinski definition) is 1. The molecule has 0 aliphatic rings. The second kappa shape index (κ2) is 7.30. The molecular formula is C12H22N4O2S. The van der Waals surface area contributed by atoms with Gasteiger partial charge in [0.15, 0.2) is 5.13 Å². The first-order valence-electron chi connectivity index (χ1n) is 6.23. The molecule has 1 aromatic rings. The smallest absolute Gasteiger partial charge is 0.267 e. The van der Waals surface area contributed by atoms with Gasteiger partial charge >= 0.3 is 0 Å². The van der Waals surface area contributed by atoms with Crippen molar-refractivity contribution >= 4 is 28.2 Å². The Bertz CT molecular complexity index is 422. The van der Waals surface area contributed by atoms with Crippen molar-refractivity contribution in [2.45, 2.75) is 13.3 Å². The molecule has 0 radical (unpaired) electrons. The summed E-state index contributed by atoms with van der Waals surface area (Å²) in [5, 5.41) is 0.772. The molecule has 0 aliphatic heterocycles. The van der Waals surface area contributed by atoms with Crippen molar-refractivity contribution in [1.82, 2.24) is 9.88 Å². The van der Waals surface area contributed by atoms with E-state index in [0.717, 1.165) is 18.1 Å². The highest BCUT2D eigenvalue weighted by Crippen LogP contribution is 2.28. The molecule has 1 amide bonds. The van der Waals surface area contributed by atoms with Crippen molar-refractivity contribution in [3.8, 4) is 0 Å². The molecule has 0 spiro atoms. The molecular weight excluding hydrogens is 264 g/mol. The number of ether oxygens (including phenoxy) is 1. The Morgan fingerprint density at radius 2 is 2.16 bits per heavy atom. The summed E-state index contributed by atoms with van der Waals surface area (Å²) in [6.07, 6.45) is 0.805. The van der Waals surface area contributed by atoms with Crippen LogP contribution >= 0.6 is 11.3 Å². The molecule has 0 fully saturated rings. The average Bonchev–Trinajstić information content (AvgIpc) is 2.79. The van der Waals surface area contributed by atoms with Crippen molar-refractivity contribution in [3.63, 3.8) is 0 Å². The van der Waals surface area contributed by atoms with Gasteiger partial charge in [-0.3, -0.25) is 4.79 Å². The monoisotopic (exact) mass is 286 g/mol. The molecule has 2 N–H and O–H groups in total. The first-order valence-corrected chi connectivity index (χ1v) is 7.04. The number of carbonyl (C=O) groups is 1. The van der Waals surface area contributed by atoms with Gasteiger partial charge < -0.3 is 20.3 Å². The van der Waals surface area contributed by atoms with Crippen LogP contribution in [0.4, 0.5) is 10.9 Å². The average molecular weight is 286 g/mol. The fourth-order valence-electron chi connectivity index (χ4n) is 1.49. The van der Waals surface area contributed by atoms with Crippen LogP contribution in [0.15, 0.2) is 0 Å². The summed E-state index contributed by atoms with van der Waals surface area (Å²) in [5.41, 5.74) is 5.83. The largest absolute Gasteiger partial charge is 0.385 e. The van der Waals surface area contributed by atoms with Crippen LogP contribution in [0.5, 0.6) is 0 Å². The molecule has 0 atom stereocenters. The van der Waals surface area contributed by atoms with Crippen LogP contribution in [0.1, 0.15) is 23.0 Å². The second-order valence-electron chi connectivity index (χ2n) is 4.30. The number of nitrogen functional groups attached to an aromatic ring is 1. The van der Waals surface area contributed by atoms with Gasteiger partial charge in [-0.05, 0) is 13.3 Å². The van der Waals surface area contributed by atoms with E-state index in [2.05, 4.69) is 4.98 Å². The minimum absolute atomic E-state index is 0.0816. The lowest BCUT2D eigenvalue weighted by atomic mass is 10.3. The van der Waals surface area contributed by atoms with Gasteiger partial charge in [0.1, 0.15) is 10.7 Å². The Hall–Kier alpha value is -1.34. The van der Waals surface area contributed by atoms with Crippen molar-refractivity contribution in [2.75, 3.05) is 51.5 Å². The van der Waals surface area contributed by atoms with E-state index in [1.165, 1.54) is 11.3 Å². The third-order valence-electron chi connectivity index (χ3n) is 2.83. The number of amides is 1. The lowest BCUT2D eigenvalue weighted by molar-refractivity contribution is 0.0785. The topological polar surface area (TPSA) is 71.7 Å². The zero-order chi connectivity index (χ0) is 14.4. The summed E-state index contributed by atoms with van der Waals surface area (Å²) in [6.45, 7) is 4.13.